The molecule has 0 aliphatic carbocycles. The standard InChI is InChI=1S/C21H21N5O2.ClH/c1-13-4-9-16-18(25-15-7-5-14(6-8-15)19(22)27)17(12-23-20(16)24-13)21(28)26-10-2-3-11-26;/h4-9,12H,2-3,10-11H2,1H3,(H2,22,27)(H,23,24,25);1H. The fraction of sp³-hybridized carbons (Fsp3) is 0.238. The Morgan fingerprint density at radius 2 is 1.76 bits per heavy atom. The van der Waals surface area contributed by atoms with E-state index in [4.69, 9.17) is 5.73 Å². The molecule has 0 unspecified atom stereocenters. The summed E-state index contributed by atoms with van der Waals surface area (Å²) < 4.78 is 0. The molecule has 29 heavy (non-hydrogen) atoms. The highest BCUT2D eigenvalue weighted by Gasteiger charge is 2.24. The summed E-state index contributed by atoms with van der Waals surface area (Å²) in [5.74, 6) is -0.519. The molecule has 2 amide bonds. The van der Waals surface area contributed by atoms with E-state index in [-0.39, 0.29) is 18.3 Å². The van der Waals surface area contributed by atoms with Gasteiger partial charge in [0.15, 0.2) is 5.65 Å². The fourth-order valence-corrected chi connectivity index (χ4v) is 3.42. The summed E-state index contributed by atoms with van der Waals surface area (Å²) >= 11 is 0. The summed E-state index contributed by atoms with van der Waals surface area (Å²) in [6, 6.07) is 10.6. The minimum absolute atomic E-state index is 0. The molecule has 1 saturated heterocycles. The van der Waals surface area contributed by atoms with E-state index in [0.29, 0.717) is 22.5 Å². The van der Waals surface area contributed by atoms with Crippen molar-refractivity contribution in [1.29, 1.82) is 0 Å². The number of hydrogen-bond acceptors (Lipinski definition) is 5. The normalized spacial score (nSPS) is 13.2. The van der Waals surface area contributed by atoms with E-state index in [2.05, 4.69) is 15.3 Å². The number of nitrogens with one attached hydrogen (secondary N) is 1. The van der Waals surface area contributed by atoms with Gasteiger partial charge in [0, 0.05) is 41.6 Å². The van der Waals surface area contributed by atoms with Crippen molar-refractivity contribution in [2.75, 3.05) is 18.4 Å². The molecule has 0 radical (unpaired) electrons. The van der Waals surface area contributed by atoms with Crippen molar-refractivity contribution in [3.8, 4) is 0 Å². The van der Waals surface area contributed by atoms with E-state index >= 15 is 0 Å². The van der Waals surface area contributed by atoms with E-state index < -0.39 is 5.91 Å². The number of aromatic nitrogens is 2. The predicted molar refractivity (Wildman–Crippen MR) is 115 cm³/mol. The number of amides is 2. The van der Waals surface area contributed by atoms with E-state index in [9.17, 15) is 9.59 Å². The maximum absolute atomic E-state index is 13.1. The molecular weight excluding hydrogens is 390 g/mol. The Morgan fingerprint density at radius 3 is 2.41 bits per heavy atom. The second kappa shape index (κ2) is 8.45. The topological polar surface area (TPSA) is 101 Å². The van der Waals surface area contributed by atoms with Crippen molar-refractivity contribution in [3.05, 3.63) is 59.4 Å². The zero-order valence-corrected chi connectivity index (χ0v) is 16.8. The van der Waals surface area contributed by atoms with Gasteiger partial charge in [0.1, 0.15) is 0 Å². The molecule has 7 nitrogen and oxygen atoms in total. The average Bonchev–Trinajstić information content (AvgIpc) is 3.22. The molecule has 1 fully saturated rings. The molecule has 8 heteroatoms. The van der Waals surface area contributed by atoms with Crippen LogP contribution in [0.4, 0.5) is 11.4 Å². The smallest absolute Gasteiger partial charge is 0.257 e. The molecule has 4 rings (SSSR count). The Labute approximate surface area is 174 Å². The van der Waals surface area contributed by atoms with Crippen molar-refractivity contribution >= 4 is 46.6 Å². The Kier molecular flexibility index (Phi) is 5.98. The highest BCUT2D eigenvalue weighted by Crippen LogP contribution is 2.30. The molecular formula is C21H22ClN5O2. The maximum atomic E-state index is 13.1. The monoisotopic (exact) mass is 411 g/mol. The molecule has 1 aromatic carbocycles. The molecule has 0 spiro atoms. The third kappa shape index (κ3) is 4.14. The van der Waals surface area contributed by atoms with Crippen LogP contribution in [-0.4, -0.2) is 39.8 Å². The van der Waals surface area contributed by atoms with Crippen LogP contribution < -0.4 is 11.1 Å². The van der Waals surface area contributed by atoms with Gasteiger partial charge >= 0.3 is 0 Å². The number of likely N-dealkylation sites (tertiary alicyclic amines) is 1. The zero-order valence-electron chi connectivity index (χ0n) is 16.0. The van der Waals surface area contributed by atoms with Crippen LogP contribution >= 0.6 is 12.4 Å². The number of halogens is 1. The second-order valence-corrected chi connectivity index (χ2v) is 6.94. The molecule has 1 aliphatic rings. The number of carbonyl (C=O) groups is 2. The van der Waals surface area contributed by atoms with Crippen molar-refractivity contribution in [3.63, 3.8) is 0 Å². The summed E-state index contributed by atoms with van der Waals surface area (Å²) in [7, 11) is 0. The Morgan fingerprint density at radius 1 is 1.07 bits per heavy atom. The van der Waals surface area contributed by atoms with Crippen molar-refractivity contribution in [2.24, 2.45) is 5.73 Å². The highest BCUT2D eigenvalue weighted by molar-refractivity contribution is 6.07. The minimum Gasteiger partial charge on any atom is -0.366 e. The van der Waals surface area contributed by atoms with Crippen LogP contribution in [0.25, 0.3) is 11.0 Å². The summed E-state index contributed by atoms with van der Waals surface area (Å²) in [5.41, 5.74) is 9.10. The number of aryl methyl sites for hydroxylation is 1. The van der Waals surface area contributed by atoms with Gasteiger partial charge in [0.05, 0.1) is 11.3 Å². The van der Waals surface area contributed by atoms with Crippen LogP contribution in [0, 0.1) is 6.92 Å². The Hall–Kier alpha value is -3.19. The van der Waals surface area contributed by atoms with E-state index in [1.54, 1.807) is 30.5 Å². The molecule has 0 atom stereocenters. The number of primary amides is 1. The lowest BCUT2D eigenvalue weighted by atomic mass is 10.1. The lowest BCUT2D eigenvalue weighted by Gasteiger charge is -2.19. The lowest BCUT2D eigenvalue weighted by molar-refractivity contribution is 0.0793. The zero-order chi connectivity index (χ0) is 19.7. The van der Waals surface area contributed by atoms with Gasteiger partial charge in [-0.05, 0) is 56.2 Å². The van der Waals surface area contributed by atoms with Gasteiger partial charge in [0.25, 0.3) is 5.91 Å². The van der Waals surface area contributed by atoms with Gasteiger partial charge in [-0.3, -0.25) is 9.59 Å². The van der Waals surface area contributed by atoms with E-state index in [1.165, 1.54) is 0 Å². The van der Waals surface area contributed by atoms with Crippen LogP contribution in [0.1, 0.15) is 39.3 Å². The second-order valence-electron chi connectivity index (χ2n) is 6.94. The molecule has 0 bridgehead atoms. The van der Waals surface area contributed by atoms with Gasteiger partial charge < -0.3 is 16.0 Å². The van der Waals surface area contributed by atoms with Crippen LogP contribution in [-0.2, 0) is 0 Å². The first-order chi connectivity index (χ1) is 13.5. The number of nitrogens with zero attached hydrogens (tertiary/aromatic N) is 3. The highest BCUT2D eigenvalue weighted by atomic mass is 35.5. The molecule has 3 N–H and O–H groups in total. The van der Waals surface area contributed by atoms with Crippen molar-refractivity contribution in [2.45, 2.75) is 19.8 Å². The molecule has 3 aromatic rings. The van der Waals surface area contributed by atoms with Gasteiger partial charge in [-0.15, -0.1) is 12.4 Å². The molecule has 0 saturated carbocycles. The van der Waals surface area contributed by atoms with Crippen LogP contribution in [0.5, 0.6) is 0 Å². The number of fused-ring (bicyclic) bond motifs is 1. The first-order valence-electron chi connectivity index (χ1n) is 9.25. The largest absolute Gasteiger partial charge is 0.366 e. The Balaban J connectivity index is 0.00000240. The first kappa shape index (κ1) is 20.5. The summed E-state index contributed by atoms with van der Waals surface area (Å²) in [6.45, 7) is 3.42. The summed E-state index contributed by atoms with van der Waals surface area (Å²) in [5, 5.41) is 4.10. The average molecular weight is 412 g/mol. The van der Waals surface area contributed by atoms with Crippen LogP contribution in [0.3, 0.4) is 0 Å². The molecule has 3 heterocycles. The summed E-state index contributed by atoms with van der Waals surface area (Å²) in [6.07, 6.45) is 3.63. The first-order valence-corrected chi connectivity index (χ1v) is 9.25. The minimum atomic E-state index is -0.481. The molecule has 1 aliphatic heterocycles. The SMILES string of the molecule is Cc1ccc2c(Nc3ccc(C(N)=O)cc3)c(C(=O)N3CCCC3)cnc2n1.Cl. The maximum Gasteiger partial charge on any atom is 0.257 e. The number of rotatable bonds is 4. The number of pyridine rings is 2. The lowest BCUT2D eigenvalue weighted by Crippen LogP contribution is -2.28. The number of nitrogens with two attached hydrogens (primary N) is 1. The number of anilines is 2. The van der Waals surface area contributed by atoms with Gasteiger partial charge in [-0.25, -0.2) is 9.97 Å². The van der Waals surface area contributed by atoms with Gasteiger partial charge in [-0.2, -0.15) is 0 Å². The summed E-state index contributed by atoms with van der Waals surface area (Å²) in [4.78, 5) is 35.1. The number of carbonyl (C=O) groups excluding carboxylic acids is 2. The number of hydrogen-bond donors (Lipinski definition) is 2. The van der Waals surface area contributed by atoms with Crippen molar-refractivity contribution in [1.82, 2.24) is 14.9 Å². The van der Waals surface area contributed by atoms with E-state index in [1.807, 2.05) is 24.0 Å². The molecule has 2 aromatic heterocycles. The third-order valence-electron chi connectivity index (χ3n) is 4.93. The third-order valence-corrected chi connectivity index (χ3v) is 4.93. The van der Waals surface area contributed by atoms with E-state index in [0.717, 1.165) is 42.7 Å². The number of benzene rings is 1. The predicted octanol–water partition coefficient (Wildman–Crippen LogP) is 3.44. The fourth-order valence-electron chi connectivity index (χ4n) is 3.42. The van der Waals surface area contributed by atoms with Crippen LogP contribution in [0.15, 0.2) is 42.6 Å². The van der Waals surface area contributed by atoms with Gasteiger partial charge in [-0.1, -0.05) is 0 Å². The quantitative estimate of drug-likeness (QED) is 0.684. The molecule has 150 valence electrons. The Bertz CT molecular complexity index is 1060. The van der Waals surface area contributed by atoms with Crippen LogP contribution in [0.2, 0.25) is 0 Å². The van der Waals surface area contributed by atoms with Gasteiger partial charge in [0.2, 0.25) is 5.91 Å². The van der Waals surface area contributed by atoms with Crippen molar-refractivity contribution < 1.29 is 9.59 Å².